The number of thiol groups is 1. The average Bonchev–Trinajstić information content (AvgIpc) is 3.80. The molecule has 282 valence electrons. The van der Waals surface area contributed by atoms with Crippen LogP contribution in [0, 0.1) is 6.92 Å². The number of aryl methyl sites for hydroxylation is 1. The predicted molar refractivity (Wildman–Crippen MR) is 205 cm³/mol. The molecule has 2 aliphatic rings. The summed E-state index contributed by atoms with van der Waals surface area (Å²) in [5.74, 6) is 1.13. The van der Waals surface area contributed by atoms with Crippen molar-refractivity contribution in [1.82, 2.24) is 4.90 Å². The number of hydrogen-bond donors (Lipinski definition) is 4. The Balaban J connectivity index is 1.22. The van der Waals surface area contributed by atoms with E-state index in [0.717, 1.165) is 22.0 Å². The van der Waals surface area contributed by atoms with Crippen LogP contribution < -0.4 is 23.8 Å². The number of likely N-dealkylation sites (tertiary alicyclic amines) is 1. The number of hydrogen-bond acceptors (Lipinski definition) is 12. The lowest BCUT2D eigenvalue weighted by Crippen LogP contribution is -2.52. The zero-order valence-corrected chi connectivity index (χ0v) is 32.1. The summed E-state index contributed by atoms with van der Waals surface area (Å²) < 4.78 is 22.6. The van der Waals surface area contributed by atoms with Gasteiger partial charge in [-0.3, -0.25) is 9.59 Å². The van der Waals surface area contributed by atoms with E-state index in [1.54, 1.807) is 30.0 Å². The molecule has 3 amide bonds. The lowest BCUT2D eigenvalue weighted by atomic mass is 10.0. The Morgan fingerprint density at radius 2 is 1.87 bits per heavy atom. The summed E-state index contributed by atoms with van der Waals surface area (Å²) in [7, 11) is 0.152. The highest BCUT2D eigenvalue weighted by Crippen LogP contribution is 2.43. The van der Waals surface area contributed by atoms with Crippen LogP contribution in [-0.4, -0.2) is 89.1 Å². The molecule has 1 saturated heterocycles. The Kier molecular flexibility index (Phi) is 14.2. The molecular formula is C36H46N3O10PS2. The molecule has 3 unspecified atom stereocenters. The lowest BCUT2D eigenvalue weighted by Gasteiger charge is -2.35. The number of unbranched alkanes of at least 4 members (excludes halogenated alkanes) is 2. The molecule has 0 radical (unpaired) electrons. The number of nitrogens with zero attached hydrogens (tertiary/aromatic N) is 3. The number of carbonyl (C=O) groups excluding carboxylic acids is 3. The summed E-state index contributed by atoms with van der Waals surface area (Å²) in [6.07, 6.45) is 2.79. The molecule has 3 atom stereocenters. The number of benzene rings is 3. The van der Waals surface area contributed by atoms with E-state index in [1.165, 1.54) is 27.7 Å². The van der Waals surface area contributed by atoms with Gasteiger partial charge in [0.15, 0.2) is 17.7 Å². The highest BCUT2D eigenvalue weighted by atomic mass is 33.1. The Bertz CT molecular complexity index is 1730. The van der Waals surface area contributed by atoms with Crippen LogP contribution in [-0.2, 0) is 20.7 Å². The van der Waals surface area contributed by atoms with Gasteiger partial charge in [-0.15, -0.1) is 11.7 Å². The van der Waals surface area contributed by atoms with Gasteiger partial charge in [0.1, 0.15) is 12.4 Å². The molecule has 16 heteroatoms. The third kappa shape index (κ3) is 9.18. The van der Waals surface area contributed by atoms with Crippen molar-refractivity contribution in [2.75, 3.05) is 43.2 Å². The minimum atomic E-state index is -2.62. The number of carbonyl (C=O) groups is 3. The van der Waals surface area contributed by atoms with E-state index < -0.39 is 27.0 Å². The van der Waals surface area contributed by atoms with E-state index in [1.807, 2.05) is 31.2 Å². The SMILES string of the molecule is COc1cc(C)c(N(C(=O)OCC(C)SS)C(O)C2CCCN2C=O)cc1OCCCCCC(=O)N1CCc2c1cc(OP(O)O)c1ccccc21. The van der Waals surface area contributed by atoms with E-state index in [0.29, 0.717) is 99.6 Å². The first-order chi connectivity index (χ1) is 25.1. The van der Waals surface area contributed by atoms with Crippen molar-refractivity contribution < 1.29 is 48.0 Å². The zero-order chi connectivity index (χ0) is 37.4. The second-order valence-electron chi connectivity index (χ2n) is 12.8. The standard InChI is InChI=1S/C36H46N3O10PS2/c1-23-18-32(46-3)33(19-29(23)39(36(43)48-21-24(2)52-51)35(42)28-12-9-15-37(28)22-40)47-17-8-4-5-13-34(41)38-16-14-26-25-10-6-7-11-27(25)31(20-30(26)38)49-50(44)45/h6-7,10-11,18-20,22,24,28,35,42,44-45,51H,4-5,8-9,12-17,21H2,1-3H3. The van der Waals surface area contributed by atoms with Gasteiger partial charge in [-0.25, -0.2) is 9.69 Å². The Hall–Kier alpha value is -3.46. The summed E-state index contributed by atoms with van der Waals surface area (Å²) in [6.45, 7) is 5.05. The second kappa shape index (κ2) is 18.5. The van der Waals surface area contributed by atoms with Crippen LogP contribution in [0.5, 0.6) is 17.2 Å². The minimum absolute atomic E-state index is 0.0238. The highest BCUT2D eigenvalue weighted by molar-refractivity contribution is 8.68. The number of rotatable bonds is 17. The Morgan fingerprint density at radius 1 is 1.10 bits per heavy atom. The molecule has 0 saturated carbocycles. The fraction of sp³-hybridized carbons (Fsp3) is 0.472. The van der Waals surface area contributed by atoms with Gasteiger partial charge in [0.25, 0.3) is 0 Å². The summed E-state index contributed by atoms with van der Waals surface area (Å²) in [5, 5.41) is 13.1. The summed E-state index contributed by atoms with van der Waals surface area (Å²) in [4.78, 5) is 62.1. The number of aliphatic hydroxyl groups excluding tert-OH is 1. The van der Waals surface area contributed by atoms with Crippen molar-refractivity contribution in [3.8, 4) is 17.2 Å². The van der Waals surface area contributed by atoms with Gasteiger partial charge in [0.2, 0.25) is 12.3 Å². The van der Waals surface area contributed by atoms with E-state index in [4.69, 9.17) is 18.7 Å². The summed E-state index contributed by atoms with van der Waals surface area (Å²) in [5.41, 5.74) is 2.76. The van der Waals surface area contributed by atoms with Gasteiger partial charge in [-0.2, -0.15) is 0 Å². The molecule has 0 aromatic heterocycles. The van der Waals surface area contributed by atoms with E-state index in [-0.39, 0.29) is 17.8 Å². The fourth-order valence-corrected chi connectivity index (χ4v) is 7.43. The highest BCUT2D eigenvalue weighted by Gasteiger charge is 2.38. The normalized spacial score (nSPS) is 16.5. The topological polar surface area (TPSA) is 159 Å². The Morgan fingerprint density at radius 3 is 2.58 bits per heavy atom. The third-order valence-electron chi connectivity index (χ3n) is 9.39. The Labute approximate surface area is 313 Å². The lowest BCUT2D eigenvalue weighted by molar-refractivity contribution is -0.121. The van der Waals surface area contributed by atoms with E-state index in [9.17, 15) is 29.3 Å². The second-order valence-corrected chi connectivity index (χ2v) is 15.2. The first-order valence-electron chi connectivity index (χ1n) is 17.3. The smallest absolute Gasteiger partial charge is 0.416 e. The average molecular weight is 776 g/mol. The molecule has 3 aromatic carbocycles. The summed E-state index contributed by atoms with van der Waals surface area (Å²) in [6, 6.07) is 12.1. The van der Waals surface area contributed by atoms with Crippen molar-refractivity contribution in [2.45, 2.75) is 76.3 Å². The van der Waals surface area contributed by atoms with Crippen LogP contribution >= 0.6 is 31.1 Å². The van der Waals surface area contributed by atoms with Crippen LogP contribution in [0.2, 0.25) is 0 Å². The number of fused-ring (bicyclic) bond motifs is 3. The molecule has 5 rings (SSSR count). The van der Waals surface area contributed by atoms with Crippen molar-refractivity contribution >= 4 is 71.6 Å². The van der Waals surface area contributed by atoms with Gasteiger partial charge in [0.05, 0.1) is 31.1 Å². The van der Waals surface area contributed by atoms with Crippen LogP contribution in [0.3, 0.4) is 0 Å². The van der Waals surface area contributed by atoms with E-state index >= 15 is 0 Å². The summed E-state index contributed by atoms with van der Waals surface area (Å²) >= 11 is 4.19. The number of ether oxygens (including phenoxy) is 3. The largest absolute Gasteiger partial charge is 0.493 e. The van der Waals surface area contributed by atoms with Crippen LogP contribution in [0.15, 0.2) is 42.5 Å². The van der Waals surface area contributed by atoms with Gasteiger partial charge in [0, 0.05) is 42.3 Å². The van der Waals surface area contributed by atoms with Crippen LogP contribution in [0.4, 0.5) is 16.2 Å². The number of aliphatic hydroxyl groups is 1. The number of methoxy groups -OCH3 is 1. The first-order valence-corrected chi connectivity index (χ1v) is 20.3. The molecule has 3 aromatic rings. The van der Waals surface area contributed by atoms with Gasteiger partial charge in [-0.1, -0.05) is 35.1 Å². The fourth-order valence-electron chi connectivity index (χ4n) is 6.79. The number of anilines is 2. The predicted octanol–water partition coefficient (Wildman–Crippen LogP) is 6.12. The first kappa shape index (κ1) is 39.7. The van der Waals surface area contributed by atoms with Gasteiger partial charge < -0.3 is 43.4 Å². The molecule has 0 bridgehead atoms. The molecule has 2 heterocycles. The van der Waals surface area contributed by atoms with Crippen molar-refractivity contribution in [3.63, 3.8) is 0 Å². The molecule has 3 N–H and O–H groups in total. The van der Waals surface area contributed by atoms with E-state index in [2.05, 4.69) is 11.7 Å². The molecule has 0 spiro atoms. The molecule has 1 fully saturated rings. The van der Waals surface area contributed by atoms with Gasteiger partial charge in [-0.05, 0) is 75.0 Å². The molecule has 0 aliphatic carbocycles. The molecule has 52 heavy (non-hydrogen) atoms. The maximum Gasteiger partial charge on any atom is 0.416 e. The quantitative estimate of drug-likeness (QED) is 0.0313. The molecule has 13 nitrogen and oxygen atoms in total. The van der Waals surface area contributed by atoms with Crippen LogP contribution in [0.25, 0.3) is 10.8 Å². The van der Waals surface area contributed by atoms with Gasteiger partial charge >= 0.3 is 14.7 Å². The monoisotopic (exact) mass is 775 g/mol. The minimum Gasteiger partial charge on any atom is -0.493 e. The van der Waals surface area contributed by atoms with Crippen LogP contribution in [0.1, 0.15) is 56.6 Å². The number of amides is 3. The third-order valence-corrected chi connectivity index (χ3v) is 11.3. The van der Waals surface area contributed by atoms with Crippen molar-refractivity contribution in [1.29, 1.82) is 0 Å². The van der Waals surface area contributed by atoms with Crippen molar-refractivity contribution in [3.05, 3.63) is 53.6 Å². The zero-order valence-electron chi connectivity index (χ0n) is 29.5. The van der Waals surface area contributed by atoms with Crippen molar-refractivity contribution in [2.24, 2.45) is 0 Å². The maximum absolute atomic E-state index is 13.5. The maximum atomic E-state index is 13.5. The molecule has 2 aliphatic heterocycles. The molecular weight excluding hydrogens is 730 g/mol.